The summed E-state index contributed by atoms with van der Waals surface area (Å²) in [6, 6.07) is 13.5. The first kappa shape index (κ1) is 18.8. The zero-order valence-corrected chi connectivity index (χ0v) is 17.9. The summed E-state index contributed by atoms with van der Waals surface area (Å²) in [4.78, 5) is 7.13. The Kier molecular flexibility index (Phi) is 6.50. The predicted molar refractivity (Wildman–Crippen MR) is 116 cm³/mol. The topological polar surface area (TPSA) is 0 Å². The van der Waals surface area contributed by atoms with E-state index in [4.69, 9.17) is 0 Å². The largest absolute Gasteiger partial charge is 0.331 e. The summed E-state index contributed by atoms with van der Waals surface area (Å²) in [6.45, 7) is 1.29. The maximum atomic E-state index is 2.33. The van der Waals surface area contributed by atoms with Gasteiger partial charge in [0.25, 0.3) is 0 Å². The number of rotatable bonds is 9. The Balaban J connectivity index is 1.46. The van der Waals surface area contributed by atoms with Gasteiger partial charge in [0.05, 0.1) is 27.7 Å². The van der Waals surface area contributed by atoms with E-state index in [9.17, 15) is 0 Å². The minimum atomic E-state index is 1.09. The predicted octanol–water partition coefficient (Wildman–Crippen LogP) is 7.01. The highest BCUT2D eigenvalue weighted by Gasteiger charge is 2.09. The highest BCUT2D eigenvalue weighted by Crippen LogP contribution is 2.39. The van der Waals surface area contributed by atoms with E-state index in [-0.39, 0.29) is 0 Å². The van der Waals surface area contributed by atoms with Crippen molar-refractivity contribution in [3.05, 3.63) is 46.7 Å². The second kappa shape index (κ2) is 8.63. The smallest absolute Gasteiger partial charge is 0.0780 e. The zero-order valence-electron chi connectivity index (χ0n) is 15.5. The summed E-state index contributed by atoms with van der Waals surface area (Å²) in [5.41, 5.74) is 0. The van der Waals surface area contributed by atoms with Gasteiger partial charge >= 0.3 is 0 Å². The Hall–Kier alpha value is -0.940. The van der Waals surface area contributed by atoms with Crippen LogP contribution in [0.25, 0.3) is 19.5 Å². The van der Waals surface area contributed by atoms with Crippen molar-refractivity contribution in [1.82, 2.24) is 0 Å². The highest BCUT2D eigenvalue weighted by atomic mass is 32.1. The van der Waals surface area contributed by atoms with Crippen molar-refractivity contribution in [1.29, 1.82) is 0 Å². The van der Waals surface area contributed by atoms with Crippen LogP contribution in [0.15, 0.2) is 41.8 Å². The maximum Gasteiger partial charge on any atom is 0.0780 e. The number of nitrogens with zero attached hydrogens (tertiary/aromatic N) is 1. The first-order chi connectivity index (χ1) is 12.0. The van der Waals surface area contributed by atoms with Gasteiger partial charge in [-0.05, 0) is 61.4 Å². The Labute approximate surface area is 164 Å². The van der Waals surface area contributed by atoms with Crippen LogP contribution in [0.3, 0.4) is 0 Å². The van der Waals surface area contributed by atoms with Gasteiger partial charge in [0, 0.05) is 24.4 Å². The molecule has 0 unspecified atom stereocenters. The molecule has 1 nitrogen and oxygen atoms in total. The molecule has 0 saturated carbocycles. The molecule has 3 aromatic rings. The molecule has 4 heteroatoms. The van der Waals surface area contributed by atoms with E-state index in [2.05, 4.69) is 62.9 Å². The third-order valence-corrected chi connectivity index (χ3v) is 7.77. The lowest BCUT2D eigenvalue weighted by molar-refractivity contribution is -0.870. The highest BCUT2D eigenvalue weighted by molar-refractivity contribution is 7.26. The van der Waals surface area contributed by atoms with Crippen LogP contribution >= 0.6 is 34.0 Å². The summed E-state index contributed by atoms with van der Waals surface area (Å²) in [6.07, 6.45) is 6.62. The summed E-state index contributed by atoms with van der Waals surface area (Å²) in [5.74, 6) is 0. The van der Waals surface area contributed by atoms with Gasteiger partial charge in [-0.25, -0.2) is 0 Å². The fourth-order valence-electron chi connectivity index (χ4n) is 2.91. The van der Waals surface area contributed by atoms with E-state index < -0.39 is 0 Å². The van der Waals surface area contributed by atoms with Crippen molar-refractivity contribution in [2.45, 2.75) is 32.1 Å². The number of quaternary nitrogens is 1. The molecule has 3 heterocycles. The van der Waals surface area contributed by atoms with E-state index in [1.807, 2.05) is 34.0 Å². The van der Waals surface area contributed by atoms with Crippen LogP contribution in [-0.2, 0) is 6.42 Å². The number of thiophene rings is 3. The Bertz CT molecular complexity index is 759. The molecule has 134 valence electrons. The van der Waals surface area contributed by atoms with Gasteiger partial charge in [-0.3, -0.25) is 0 Å². The molecule has 0 aliphatic carbocycles. The lowest BCUT2D eigenvalue weighted by Crippen LogP contribution is -2.35. The zero-order chi connectivity index (χ0) is 17.7. The average molecular weight is 391 g/mol. The molecular formula is C21H28NS3+. The Morgan fingerprint density at radius 1 is 0.720 bits per heavy atom. The Morgan fingerprint density at radius 3 is 2.12 bits per heavy atom. The van der Waals surface area contributed by atoms with Crippen molar-refractivity contribution < 1.29 is 4.48 Å². The van der Waals surface area contributed by atoms with Crippen LogP contribution in [0, 0.1) is 0 Å². The van der Waals surface area contributed by atoms with E-state index in [1.54, 1.807) is 0 Å². The fourth-order valence-corrected chi connectivity index (χ4v) is 5.89. The van der Waals surface area contributed by atoms with E-state index >= 15 is 0 Å². The molecule has 0 N–H and O–H groups in total. The molecule has 0 bridgehead atoms. The molecule has 0 atom stereocenters. The summed E-state index contributed by atoms with van der Waals surface area (Å²) in [5, 5.41) is 2.15. The molecule has 25 heavy (non-hydrogen) atoms. The third-order valence-electron chi connectivity index (χ3n) is 4.28. The molecule has 0 fully saturated rings. The van der Waals surface area contributed by atoms with E-state index in [0.29, 0.717) is 0 Å². The lowest BCUT2D eigenvalue weighted by atomic mass is 10.1. The first-order valence-electron chi connectivity index (χ1n) is 9.04. The standard InChI is InChI=1S/C21H28NS3/c1-22(2,3)15-7-5-4-6-9-17-11-12-20(24-17)21-14-13-19(25-21)18-10-8-16-23-18/h8,10-14,16H,4-7,9,15H2,1-3H3/q+1. The maximum absolute atomic E-state index is 2.33. The number of hydrogen-bond donors (Lipinski definition) is 0. The summed E-state index contributed by atoms with van der Waals surface area (Å²) < 4.78 is 1.09. The van der Waals surface area contributed by atoms with Crippen LogP contribution in [0.2, 0.25) is 0 Å². The molecule has 0 aliphatic rings. The summed E-state index contributed by atoms with van der Waals surface area (Å²) >= 11 is 5.71. The quantitative estimate of drug-likeness (QED) is 0.272. The number of aryl methyl sites for hydroxylation is 1. The molecule has 3 rings (SSSR count). The number of unbranched alkanes of at least 4 members (excludes halogenated alkanes) is 3. The van der Waals surface area contributed by atoms with Gasteiger partial charge in [0.15, 0.2) is 0 Å². The van der Waals surface area contributed by atoms with Gasteiger partial charge in [-0.2, -0.15) is 0 Å². The van der Waals surface area contributed by atoms with Crippen LogP contribution < -0.4 is 0 Å². The second-order valence-corrected chi connectivity index (χ2v) is 10.8. The monoisotopic (exact) mass is 390 g/mol. The number of hydrogen-bond acceptors (Lipinski definition) is 3. The van der Waals surface area contributed by atoms with Crippen molar-refractivity contribution in [2.24, 2.45) is 0 Å². The molecular weight excluding hydrogens is 362 g/mol. The fraction of sp³-hybridized carbons (Fsp3) is 0.429. The molecule has 0 aliphatic heterocycles. The van der Waals surface area contributed by atoms with E-state index in [1.165, 1.54) is 63.0 Å². The van der Waals surface area contributed by atoms with Crippen molar-refractivity contribution in [2.75, 3.05) is 27.7 Å². The van der Waals surface area contributed by atoms with Crippen molar-refractivity contribution >= 4 is 34.0 Å². The third kappa shape index (κ3) is 5.78. The average Bonchev–Trinajstić information content (AvgIpc) is 3.30. The molecule has 0 saturated heterocycles. The van der Waals surface area contributed by atoms with Crippen LogP contribution in [-0.4, -0.2) is 32.2 Å². The van der Waals surface area contributed by atoms with E-state index in [0.717, 1.165) is 4.48 Å². The lowest BCUT2D eigenvalue weighted by Gasteiger charge is -2.23. The molecule has 0 amide bonds. The van der Waals surface area contributed by atoms with Gasteiger partial charge in [0.2, 0.25) is 0 Å². The minimum Gasteiger partial charge on any atom is -0.331 e. The van der Waals surface area contributed by atoms with Crippen LogP contribution in [0.5, 0.6) is 0 Å². The second-order valence-electron chi connectivity index (χ2n) is 7.59. The summed E-state index contributed by atoms with van der Waals surface area (Å²) in [7, 11) is 6.84. The van der Waals surface area contributed by atoms with Crippen LogP contribution in [0.1, 0.15) is 30.6 Å². The SMILES string of the molecule is C[N+](C)(C)CCCCCCc1ccc(-c2ccc(-c3cccs3)s2)s1. The molecule has 0 radical (unpaired) electrons. The minimum absolute atomic E-state index is 1.09. The van der Waals surface area contributed by atoms with Gasteiger partial charge < -0.3 is 4.48 Å². The van der Waals surface area contributed by atoms with Gasteiger partial charge in [-0.1, -0.05) is 12.5 Å². The first-order valence-corrected chi connectivity index (χ1v) is 11.6. The van der Waals surface area contributed by atoms with Crippen LogP contribution in [0.4, 0.5) is 0 Å². The van der Waals surface area contributed by atoms with Gasteiger partial charge in [-0.15, -0.1) is 34.0 Å². The normalized spacial score (nSPS) is 12.0. The Morgan fingerprint density at radius 2 is 1.40 bits per heavy atom. The van der Waals surface area contributed by atoms with Gasteiger partial charge in [0.1, 0.15) is 0 Å². The van der Waals surface area contributed by atoms with Crippen molar-refractivity contribution in [3.8, 4) is 19.5 Å². The molecule has 0 aromatic carbocycles. The van der Waals surface area contributed by atoms with Crippen molar-refractivity contribution in [3.63, 3.8) is 0 Å². The molecule has 3 aromatic heterocycles. The molecule has 0 spiro atoms.